The Kier molecular flexibility index (Phi) is 7.07. The van der Waals surface area contributed by atoms with Gasteiger partial charge in [-0.3, -0.25) is 4.79 Å². The molecule has 0 saturated carbocycles. The molecule has 2 heteroatoms. The van der Waals surface area contributed by atoms with Crippen molar-refractivity contribution in [1.29, 1.82) is 0 Å². The number of allylic oxidation sites excluding steroid dienone is 2. The maximum atomic E-state index is 12.6. The number of hydrogen-bond acceptors (Lipinski definition) is 1. The average Bonchev–Trinajstić information content (AvgIpc) is 2.83. The van der Waals surface area contributed by atoms with E-state index in [1.807, 2.05) is 30.4 Å². The molecule has 2 nitrogen and oxygen atoms in total. The zero-order chi connectivity index (χ0) is 18.2. The lowest BCUT2D eigenvalue weighted by atomic mass is 9.87. The highest BCUT2D eigenvalue weighted by atomic mass is 16.1. The Labute approximate surface area is 152 Å². The molecule has 0 radical (unpaired) electrons. The van der Waals surface area contributed by atoms with E-state index in [-0.39, 0.29) is 17.7 Å². The number of rotatable bonds is 7. The number of hydrogen-bond donors (Lipinski definition) is 1. The van der Waals surface area contributed by atoms with Crippen LogP contribution in [0.4, 0.5) is 0 Å². The van der Waals surface area contributed by atoms with Crippen molar-refractivity contribution in [2.24, 2.45) is 17.8 Å². The highest BCUT2D eigenvalue weighted by molar-refractivity contribution is 5.79. The average molecular weight is 335 g/mol. The molecule has 2 unspecified atom stereocenters. The van der Waals surface area contributed by atoms with Crippen LogP contribution in [0, 0.1) is 29.6 Å². The number of carbonyl (C=O) groups is 1. The van der Waals surface area contributed by atoms with Gasteiger partial charge in [0, 0.05) is 12.5 Å². The Morgan fingerprint density at radius 2 is 1.88 bits per heavy atom. The molecule has 0 fully saturated rings. The van der Waals surface area contributed by atoms with Gasteiger partial charge in [-0.1, -0.05) is 75.9 Å². The van der Waals surface area contributed by atoms with Crippen LogP contribution in [0.1, 0.15) is 45.6 Å². The van der Waals surface area contributed by atoms with Crippen molar-refractivity contribution in [3.63, 3.8) is 0 Å². The standard InChI is InChI=1S/C23H29NO/c1-17(2)14-22(18(3)4)23(25)24-16-19-10-8-9-13-21(15-19)20-11-6-5-7-12-20/h5-8,10-12,15,17-18,21-22H,14,16H2,1-4H3,(H,24,25). The minimum absolute atomic E-state index is 0.0662. The Balaban J connectivity index is 2.03. The van der Waals surface area contributed by atoms with Crippen LogP contribution in [-0.2, 0) is 4.79 Å². The maximum absolute atomic E-state index is 12.6. The van der Waals surface area contributed by atoms with E-state index in [2.05, 4.69) is 63.1 Å². The zero-order valence-electron chi connectivity index (χ0n) is 15.8. The van der Waals surface area contributed by atoms with Crippen LogP contribution in [0.15, 0.2) is 54.1 Å². The number of nitrogens with one attached hydrogen (secondary N) is 1. The summed E-state index contributed by atoms with van der Waals surface area (Å²) in [7, 11) is 0. The third kappa shape index (κ3) is 5.94. The molecule has 1 aromatic rings. The molecule has 1 aliphatic rings. The number of amides is 1. The van der Waals surface area contributed by atoms with E-state index in [4.69, 9.17) is 0 Å². The fourth-order valence-corrected chi connectivity index (χ4v) is 3.07. The predicted molar refractivity (Wildman–Crippen MR) is 105 cm³/mol. The second-order valence-electron chi connectivity index (χ2n) is 7.45. The van der Waals surface area contributed by atoms with Crippen molar-refractivity contribution in [2.45, 2.75) is 40.0 Å². The highest BCUT2D eigenvalue weighted by Crippen LogP contribution is 2.22. The molecule has 132 valence electrons. The van der Waals surface area contributed by atoms with Crippen LogP contribution in [-0.4, -0.2) is 12.5 Å². The smallest absolute Gasteiger partial charge is 0.223 e. The molecule has 0 bridgehead atoms. The molecule has 0 saturated heterocycles. The predicted octanol–water partition coefficient (Wildman–Crippen LogP) is 4.70. The van der Waals surface area contributed by atoms with Crippen LogP contribution in [0.3, 0.4) is 0 Å². The SMILES string of the molecule is CC(C)CC(C(=O)NCC1=CC(c2ccccc2)C#CC=C1)C(C)C. The Hall–Kier alpha value is -2.27. The fraction of sp³-hybridized carbons (Fsp3) is 0.435. The van der Waals surface area contributed by atoms with E-state index in [0.717, 1.165) is 12.0 Å². The minimum Gasteiger partial charge on any atom is -0.352 e. The van der Waals surface area contributed by atoms with Gasteiger partial charge in [-0.05, 0) is 41.5 Å². The summed E-state index contributed by atoms with van der Waals surface area (Å²) >= 11 is 0. The van der Waals surface area contributed by atoms with Crippen molar-refractivity contribution < 1.29 is 4.79 Å². The van der Waals surface area contributed by atoms with Crippen LogP contribution in [0.5, 0.6) is 0 Å². The van der Waals surface area contributed by atoms with Crippen LogP contribution < -0.4 is 5.32 Å². The lowest BCUT2D eigenvalue weighted by molar-refractivity contribution is -0.126. The maximum Gasteiger partial charge on any atom is 0.223 e. The molecule has 0 heterocycles. The molecule has 2 rings (SSSR count). The summed E-state index contributed by atoms with van der Waals surface area (Å²) in [5, 5.41) is 3.12. The van der Waals surface area contributed by atoms with Gasteiger partial charge in [0.1, 0.15) is 0 Å². The first-order chi connectivity index (χ1) is 12.0. The van der Waals surface area contributed by atoms with Crippen LogP contribution >= 0.6 is 0 Å². The Bertz CT molecular complexity index is 686. The van der Waals surface area contributed by atoms with E-state index in [1.165, 1.54) is 5.56 Å². The third-order valence-electron chi connectivity index (χ3n) is 4.49. The molecule has 0 aromatic heterocycles. The molecule has 1 N–H and O–H groups in total. The first-order valence-electron chi connectivity index (χ1n) is 9.18. The van der Waals surface area contributed by atoms with E-state index in [9.17, 15) is 4.79 Å². The van der Waals surface area contributed by atoms with Gasteiger partial charge in [0.05, 0.1) is 5.92 Å². The summed E-state index contributed by atoms with van der Waals surface area (Å²) in [6.45, 7) is 9.12. The second kappa shape index (κ2) is 9.28. The van der Waals surface area contributed by atoms with Crippen molar-refractivity contribution in [1.82, 2.24) is 5.32 Å². The monoisotopic (exact) mass is 335 g/mol. The molecule has 0 aliphatic heterocycles. The first kappa shape index (κ1) is 19.1. The lowest BCUT2D eigenvalue weighted by Gasteiger charge is -2.22. The van der Waals surface area contributed by atoms with E-state index in [1.54, 1.807) is 0 Å². The minimum atomic E-state index is 0.0662. The normalized spacial score (nSPS) is 17.5. The van der Waals surface area contributed by atoms with Gasteiger partial charge >= 0.3 is 0 Å². The summed E-state index contributed by atoms with van der Waals surface area (Å²) in [5.41, 5.74) is 2.27. The van der Waals surface area contributed by atoms with Gasteiger partial charge < -0.3 is 5.32 Å². The number of carbonyl (C=O) groups excluding carboxylic acids is 1. The van der Waals surface area contributed by atoms with E-state index in [0.29, 0.717) is 18.4 Å². The van der Waals surface area contributed by atoms with Gasteiger partial charge in [-0.15, -0.1) is 0 Å². The molecule has 25 heavy (non-hydrogen) atoms. The van der Waals surface area contributed by atoms with Gasteiger partial charge in [0.15, 0.2) is 0 Å². The van der Waals surface area contributed by atoms with Crippen molar-refractivity contribution in [2.75, 3.05) is 6.54 Å². The van der Waals surface area contributed by atoms with Crippen LogP contribution in [0.2, 0.25) is 0 Å². The van der Waals surface area contributed by atoms with Crippen molar-refractivity contribution in [3.8, 4) is 11.8 Å². The first-order valence-corrected chi connectivity index (χ1v) is 9.18. The summed E-state index contributed by atoms with van der Waals surface area (Å²) in [4.78, 5) is 12.6. The van der Waals surface area contributed by atoms with Crippen molar-refractivity contribution in [3.05, 3.63) is 59.7 Å². The molecule has 1 aromatic carbocycles. The molecular formula is C23H29NO. The van der Waals surface area contributed by atoms with Gasteiger partial charge in [-0.2, -0.15) is 0 Å². The summed E-state index contributed by atoms with van der Waals surface area (Å²) < 4.78 is 0. The Morgan fingerprint density at radius 3 is 2.52 bits per heavy atom. The summed E-state index contributed by atoms with van der Waals surface area (Å²) in [6, 6.07) is 10.3. The molecule has 2 atom stereocenters. The Morgan fingerprint density at radius 1 is 1.16 bits per heavy atom. The topological polar surface area (TPSA) is 29.1 Å². The fourth-order valence-electron chi connectivity index (χ4n) is 3.07. The summed E-state index contributed by atoms with van der Waals surface area (Å²) in [5.74, 6) is 7.50. The van der Waals surface area contributed by atoms with Gasteiger partial charge in [0.2, 0.25) is 5.91 Å². The quantitative estimate of drug-likeness (QED) is 0.719. The molecule has 1 aliphatic carbocycles. The van der Waals surface area contributed by atoms with Gasteiger partial charge in [0.25, 0.3) is 0 Å². The number of benzene rings is 1. The van der Waals surface area contributed by atoms with Crippen molar-refractivity contribution >= 4 is 5.91 Å². The van der Waals surface area contributed by atoms with E-state index < -0.39 is 0 Å². The second-order valence-corrected chi connectivity index (χ2v) is 7.45. The molecule has 1 amide bonds. The highest BCUT2D eigenvalue weighted by Gasteiger charge is 2.23. The molecular weight excluding hydrogens is 306 g/mol. The third-order valence-corrected chi connectivity index (χ3v) is 4.49. The largest absolute Gasteiger partial charge is 0.352 e. The van der Waals surface area contributed by atoms with Crippen LogP contribution in [0.25, 0.3) is 0 Å². The lowest BCUT2D eigenvalue weighted by Crippen LogP contribution is -2.35. The van der Waals surface area contributed by atoms with E-state index >= 15 is 0 Å². The summed E-state index contributed by atoms with van der Waals surface area (Å²) in [6.07, 6.45) is 6.95. The molecule has 0 spiro atoms. The van der Waals surface area contributed by atoms with Gasteiger partial charge in [-0.25, -0.2) is 0 Å². The zero-order valence-corrected chi connectivity index (χ0v) is 15.8.